The molecular formula is C25H23N5O5. The maximum Gasteiger partial charge on any atom is 0.322 e. The maximum absolute atomic E-state index is 13.2. The standard InChI is InChI=1S/C25H23N5O5/c1-26-27-9-3-4-15-5-8-20-17(10-15)11-21(35-20)25(23(32)28-24(33)29-25)14-30-13-16-6-7-18(34-2)12-19(16)22(30)31/h3,5-12,27H,1,4,13-14H2,2H3,(H2,28,29,32,33)/b9-3-/t25-/m0/s1. The van der Waals surface area contributed by atoms with Crippen LogP contribution < -0.4 is 20.8 Å². The second-order valence-electron chi connectivity index (χ2n) is 8.37. The number of furan rings is 1. The van der Waals surface area contributed by atoms with Crippen LogP contribution in [0.15, 0.2) is 64.3 Å². The molecule has 3 N–H and O–H groups in total. The number of hydrogen-bond donors (Lipinski definition) is 3. The van der Waals surface area contributed by atoms with Gasteiger partial charge in [-0.15, -0.1) is 0 Å². The predicted molar refractivity (Wildman–Crippen MR) is 128 cm³/mol. The summed E-state index contributed by atoms with van der Waals surface area (Å²) in [6.45, 7) is 3.56. The summed E-state index contributed by atoms with van der Waals surface area (Å²) in [5.74, 6) is -0.00321. The Morgan fingerprint density at radius 1 is 1.23 bits per heavy atom. The number of allylic oxidation sites excluding steroid dienone is 1. The van der Waals surface area contributed by atoms with E-state index in [-0.39, 0.29) is 18.2 Å². The highest BCUT2D eigenvalue weighted by molar-refractivity contribution is 6.08. The van der Waals surface area contributed by atoms with Crippen molar-refractivity contribution in [2.75, 3.05) is 13.7 Å². The first-order chi connectivity index (χ1) is 16.9. The number of hydrazone groups is 1. The van der Waals surface area contributed by atoms with Crippen LogP contribution in [0, 0.1) is 0 Å². The van der Waals surface area contributed by atoms with Crippen LogP contribution in [0.2, 0.25) is 0 Å². The number of ether oxygens (including phenoxy) is 1. The molecule has 1 aromatic heterocycles. The van der Waals surface area contributed by atoms with Crippen LogP contribution in [-0.4, -0.2) is 43.1 Å². The summed E-state index contributed by atoms with van der Waals surface area (Å²) < 4.78 is 11.3. The third-order valence-corrected chi connectivity index (χ3v) is 6.20. The molecule has 35 heavy (non-hydrogen) atoms. The fourth-order valence-corrected chi connectivity index (χ4v) is 4.47. The van der Waals surface area contributed by atoms with Crippen molar-refractivity contribution >= 4 is 35.5 Å². The highest BCUT2D eigenvalue weighted by atomic mass is 16.5. The number of urea groups is 1. The van der Waals surface area contributed by atoms with Crippen LogP contribution in [0.1, 0.15) is 27.2 Å². The molecule has 1 fully saturated rings. The van der Waals surface area contributed by atoms with Crippen molar-refractivity contribution in [2.24, 2.45) is 5.10 Å². The Hall–Kier alpha value is -4.60. The summed E-state index contributed by atoms with van der Waals surface area (Å²) in [6, 6.07) is 12.0. The second-order valence-corrected chi connectivity index (χ2v) is 8.37. The molecule has 1 saturated heterocycles. The van der Waals surface area contributed by atoms with Gasteiger partial charge in [0, 0.05) is 30.4 Å². The molecule has 2 aromatic carbocycles. The largest absolute Gasteiger partial charge is 0.497 e. The molecule has 2 aliphatic rings. The van der Waals surface area contributed by atoms with Gasteiger partial charge in [0.1, 0.15) is 17.1 Å². The second kappa shape index (κ2) is 8.64. The average molecular weight is 473 g/mol. The minimum Gasteiger partial charge on any atom is -0.497 e. The lowest BCUT2D eigenvalue weighted by Gasteiger charge is -2.29. The lowest BCUT2D eigenvalue weighted by molar-refractivity contribution is -0.125. The predicted octanol–water partition coefficient (Wildman–Crippen LogP) is 2.39. The number of carbonyl (C=O) groups is 3. The number of methoxy groups -OCH3 is 1. The van der Waals surface area contributed by atoms with Crippen molar-refractivity contribution in [3.8, 4) is 5.75 Å². The molecule has 1 atom stereocenters. The summed E-state index contributed by atoms with van der Waals surface area (Å²) in [4.78, 5) is 40.0. The Labute approximate surface area is 200 Å². The van der Waals surface area contributed by atoms with Crippen molar-refractivity contribution in [3.63, 3.8) is 0 Å². The van der Waals surface area contributed by atoms with E-state index in [0.717, 1.165) is 16.5 Å². The first-order valence-electron chi connectivity index (χ1n) is 10.9. The molecule has 178 valence electrons. The van der Waals surface area contributed by atoms with Crippen LogP contribution in [0.5, 0.6) is 5.75 Å². The zero-order chi connectivity index (χ0) is 24.6. The highest BCUT2D eigenvalue weighted by Crippen LogP contribution is 2.35. The molecule has 0 saturated carbocycles. The van der Waals surface area contributed by atoms with E-state index in [2.05, 4.69) is 27.9 Å². The summed E-state index contributed by atoms with van der Waals surface area (Å²) in [7, 11) is 1.53. The first kappa shape index (κ1) is 22.2. The van der Waals surface area contributed by atoms with E-state index in [1.807, 2.05) is 30.3 Å². The molecule has 4 amide bonds. The molecule has 10 heteroatoms. The van der Waals surface area contributed by atoms with Crippen molar-refractivity contribution in [2.45, 2.75) is 18.5 Å². The van der Waals surface area contributed by atoms with Gasteiger partial charge in [-0.2, -0.15) is 5.10 Å². The monoisotopic (exact) mass is 473 g/mol. The summed E-state index contributed by atoms with van der Waals surface area (Å²) in [6.07, 6.45) is 4.23. The zero-order valence-corrected chi connectivity index (χ0v) is 19.0. The van der Waals surface area contributed by atoms with E-state index in [9.17, 15) is 14.4 Å². The molecule has 0 radical (unpaired) electrons. The molecular weight excluding hydrogens is 450 g/mol. The van der Waals surface area contributed by atoms with E-state index < -0.39 is 17.5 Å². The van der Waals surface area contributed by atoms with Gasteiger partial charge in [0.05, 0.1) is 13.7 Å². The third kappa shape index (κ3) is 3.88. The summed E-state index contributed by atoms with van der Waals surface area (Å²) in [5.41, 5.74) is 4.00. The number of rotatable bonds is 8. The third-order valence-electron chi connectivity index (χ3n) is 6.20. The van der Waals surface area contributed by atoms with E-state index in [4.69, 9.17) is 9.15 Å². The Morgan fingerprint density at radius 2 is 2.09 bits per heavy atom. The van der Waals surface area contributed by atoms with Gasteiger partial charge < -0.3 is 19.4 Å². The number of hydrogen-bond acceptors (Lipinski definition) is 7. The SMILES string of the molecule is C=NN/C=C\Cc1ccc2oc([C@]3(CN4Cc5ccc(OC)cc5C4=O)NC(=O)NC3=O)cc2c1. The van der Waals surface area contributed by atoms with Gasteiger partial charge in [-0.25, -0.2) is 4.79 Å². The molecule has 2 aliphatic heterocycles. The molecule has 0 aliphatic carbocycles. The number of imide groups is 1. The smallest absolute Gasteiger partial charge is 0.322 e. The highest BCUT2D eigenvalue weighted by Gasteiger charge is 2.53. The number of benzene rings is 2. The van der Waals surface area contributed by atoms with Crippen LogP contribution >= 0.6 is 0 Å². The molecule has 3 heterocycles. The summed E-state index contributed by atoms with van der Waals surface area (Å²) >= 11 is 0. The topological polar surface area (TPSA) is 125 Å². The number of nitrogens with one attached hydrogen (secondary N) is 3. The molecule has 0 bridgehead atoms. The van der Waals surface area contributed by atoms with E-state index in [0.29, 0.717) is 29.9 Å². The van der Waals surface area contributed by atoms with Gasteiger partial charge in [0.25, 0.3) is 11.8 Å². The van der Waals surface area contributed by atoms with Crippen molar-refractivity contribution in [1.82, 2.24) is 21.0 Å². The Bertz CT molecular complexity index is 1390. The molecule has 3 aromatic rings. The van der Waals surface area contributed by atoms with E-state index in [1.165, 1.54) is 12.0 Å². The average Bonchev–Trinajstić information content (AvgIpc) is 3.50. The maximum atomic E-state index is 13.2. The van der Waals surface area contributed by atoms with Gasteiger partial charge in [-0.05, 0) is 47.9 Å². The van der Waals surface area contributed by atoms with Gasteiger partial charge in [0.15, 0.2) is 5.54 Å². The minimum absolute atomic E-state index is 0.0873. The zero-order valence-electron chi connectivity index (χ0n) is 19.0. The van der Waals surface area contributed by atoms with Crippen molar-refractivity contribution in [1.29, 1.82) is 0 Å². The van der Waals surface area contributed by atoms with Crippen LogP contribution in [0.25, 0.3) is 11.0 Å². The van der Waals surface area contributed by atoms with E-state index >= 15 is 0 Å². The first-order valence-corrected chi connectivity index (χ1v) is 10.9. The van der Waals surface area contributed by atoms with Crippen LogP contribution in [0.4, 0.5) is 4.79 Å². The Balaban J connectivity index is 1.47. The van der Waals surface area contributed by atoms with Crippen molar-refractivity contribution < 1.29 is 23.5 Å². The minimum atomic E-state index is -1.56. The van der Waals surface area contributed by atoms with Gasteiger partial charge >= 0.3 is 6.03 Å². The fourth-order valence-electron chi connectivity index (χ4n) is 4.47. The Morgan fingerprint density at radius 3 is 2.83 bits per heavy atom. The molecule has 10 nitrogen and oxygen atoms in total. The number of nitrogens with zero attached hydrogens (tertiary/aromatic N) is 2. The van der Waals surface area contributed by atoms with Gasteiger partial charge in [-0.3, -0.25) is 20.3 Å². The lowest BCUT2D eigenvalue weighted by atomic mass is 9.95. The lowest BCUT2D eigenvalue weighted by Crippen LogP contribution is -2.52. The van der Waals surface area contributed by atoms with Gasteiger partial charge in [0.2, 0.25) is 0 Å². The fraction of sp³-hybridized carbons (Fsp3) is 0.200. The van der Waals surface area contributed by atoms with E-state index in [1.54, 1.807) is 24.4 Å². The molecule has 0 unspecified atom stereocenters. The summed E-state index contributed by atoms with van der Waals surface area (Å²) in [5, 5.41) is 9.32. The number of amides is 4. The molecule has 0 spiro atoms. The van der Waals surface area contributed by atoms with Crippen LogP contribution in [-0.2, 0) is 23.3 Å². The van der Waals surface area contributed by atoms with Crippen LogP contribution in [0.3, 0.4) is 0 Å². The Kier molecular flexibility index (Phi) is 5.48. The quantitative estimate of drug-likeness (QED) is 0.262. The number of fused-ring (bicyclic) bond motifs is 2. The van der Waals surface area contributed by atoms with Gasteiger partial charge in [-0.1, -0.05) is 18.2 Å². The number of carbonyl (C=O) groups excluding carboxylic acids is 3. The normalized spacial score (nSPS) is 19.2. The van der Waals surface area contributed by atoms with Crippen molar-refractivity contribution in [3.05, 3.63) is 77.2 Å². The molecule has 5 rings (SSSR count).